The molecule has 1 aromatic heterocycles. The Kier molecular flexibility index (Phi) is 7.61. The normalized spacial score (nSPS) is 37.8. The summed E-state index contributed by atoms with van der Waals surface area (Å²) in [4.78, 5) is 11.6. The van der Waals surface area contributed by atoms with Gasteiger partial charge in [0.05, 0.1) is 19.8 Å². The van der Waals surface area contributed by atoms with Crippen molar-refractivity contribution in [3.63, 3.8) is 0 Å². The molecular weight excluding hydrogens is 472 g/mol. The van der Waals surface area contributed by atoms with Gasteiger partial charge in [-0.2, -0.15) is 0 Å². The molecule has 35 heavy (non-hydrogen) atoms. The molecule has 0 amide bonds. The Morgan fingerprint density at radius 3 is 2.23 bits per heavy atom. The summed E-state index contributed by atoms with van der Waals surface area (Å²) in [5.74, 6) is 0.245. The summed E-state index contributed by atoms with van der Waals surface area (Å²) in [6, 6.07) is 5.67. The molecule has 2 aliphatic heterocycles. The lowest BCUT2D eigenvalue weighted by Crippen LogP contribution is -2.61. The monoisotopic (exact) mass is 500 g/mol. The van der Waals surface area contributed by atoms with E-state index >= 15 is 0 Å². The second kappa shape index (κ2) is 10.3. The second-order valence-electron chi connectivity index (χ2n) is 8.44. The smallest absolute Gasteiger partial charge is 0.336 e. The number of hydrogen-bond donors (Lipinski definition) is 6. The van der Waals surface area contributed by atoms with Gasteiger partial charge in [0.1, 0.15) is 48.3 Å². The molecule has 2 fully saturated rings. The molecule has 2 aromatic rings. The van der Waals surface area contributed by atoms with Crippen LogP contribution in [0.2, 0.25) is 0 Å². The van der Waals surface area contributed by atoms with Crippen molar-refractivity contribution in [3.05, 3.63) is 34.7 Å². The highest BCUT2D eigenvalue weighted by atomic mass is 16.7. The van der Waals surface area contributed by atoms with Crippen LogP contribution in [0.25, 0.3) is 11.0 Å². The van der Waals surface area contributed by atoms with Crippen molar-refractivity contribution in [2.75, 3.05) is 13.7 Å². The van der Waals surface area contributed by atoms with Gasteiger partial charge in [-0.3, -0.25) is 0 Å². The molecule has 194 valence electrons. The van der Waals surface area contributed by atoms with Gasteiger partial charge in [0.2, 0.25) is 6.29 Å². The summed E-state index contributed by atoms with van der Waals surface area (Å²) in [7, 11) is 1.38. The van der Waals surface area contributed by atoms with Crippen LogP contribution in [0.4, 0.5) is 0 Å². The Labute approximate surface area is 198 Å². The van der Waals surface area contributed by atoms with Crippen LogP contribution in [0.15, 0.2) is 33.5 Å². The van der Waals surface area contributed by atoms with Gasteiger partial charge in [0.25, 0.3) is 0 Å². The van der Waals surface area contributed by atoms with Crippen molar-refractivity contribution in [3.8, 4) is 11.5 Å². The van der Waals surface area contributed by atoms with Gasteiger partial charge in [-0.1, -0.05) is 0 Å². The number of fused-ring (bicyclic) bond motifs is 1. The molecule has 0 aliphatic carbocycles. The summed E-state index contributed by atoms with van der Waals surface area (Å²) in [6.07, 6.45) is -14.4. The molecule has 4 rings (SSSR count). The Morgan fingerprint density at radius 1 is 0.829 bits per heavy atom. The highest BCUT2D eigenvalue weighted by molar-refractivity contribution is 5.80. The zero-order valence-electron chi connectivity index (χ0n) is 18.8. The maximum Gasteiger partial charge on any atom is 0.336 e. The molecule has 6 N–H and O–H groups in total. The number of hydrogen-bond acceptors (Lipinski definition) is 13. The summed E-state index contributed by atoms with van der Waals surface area (Å²) < 4.78 is 32.5. The molecule has 3 heterocycles. The molecule has 2 aliphatic rings. The number of rotatable bonds is 6. The lowest BCUT2D eigenvalue weighted by molar-refractivity contribution is -0.318. The predicted molar refractivity (Wildman–Crippen MR) is 115 cm³/mol. The quantitative estimate of drug-likeness (QED) is 0.235. The van der Waals surface area contributed by atoms with Crippen LogP contribution in [0.1, 0.15) is 6.92 Å². The van der Waals surface area contributed by atoms with E-state index in [-0.39, 0.29) is 17.1 Å². The maximum atomic E-state index is 11.6. The number of methoxy groups -OCH3 is 1. The minimum Gasteiger partial charge on any atom is -0.493 e. The molecule has 0 saturated carbocycles. The van der Waals surface area contributed by atoms with Crippen molar-refractivity contribution < 1.29 is 58.7 Å². The lowest BCUT2D eigenvalue weighted by Gasteiger charge is -2.42. The van der Waals surface area contributed by atoms with Gasteiger partial charge in [0.15, 0.2) is 17.8 Å². The van der Waals surface area contributed by atoms with Crippen molar-refractivity contribution in [2.45, 2.75) is 68.3 Å². The SMILES string of the molecule is COc1cc2ccc(=O)oc2cc1O[C@H]1O[C@@H](CO[C@@H]2O[C@H](C)[C@H](O)[C@@H](O)[C@H]2O)[C@@H](O)[C@H](O)[C@H]1O. The van der Waals surface area contributed by atoms with E-state index in [9.17, 15) is 35.4 Å². The first-order valence-corrected chi connectivity index (χ1v) is 10.9. The highest BCUT2D eigenvalue weighted by Gasteiger charge is 2.47. The molecule has 1 aromatic carbocycles. The maximum absolute atomic E-state index is 11.6. The molecule has 0 bridgehead atoms. The average molecular weight is 500 g/mol. The molecular formula is C22H28O13. The van der Waals surface area contributed by atoms with Crippen LogP contribution in [0, 0.1) is 0 Å². The van der Waals surface area contributed by atoms with Crippen LogP contribution in [-0.4, -0.2) is 106 Å². The number of aliphatic hydroxyl groups is 6. The first-order valence-electron chi connectivity index (χ1n) is 10.9. The van der Waals surface area contributed by atoms with Gasteiger partial charge in [-0.05, 0) is 19.1 Å². The Hall–Kier alpha value is -2.33. The molecule has 0 spiro atoms. The number of benzene rings is 1. The molecule has 2 saturated heterocycles. The average Bonchev–Trinajstić information content (AvgIpc) is 2.84. The standard InChI is InChI=1S/C22H28O13/c1-8-15(24)17(26)19(28)21(32-8)31-7-13-16(25)18(27)20(29)22(35-13)34-12-6-10-9(5-11(12)30-2)3-4-14(23)33-10/h3-6,8,13,15-22,24-29H,7H2,1-2H3/t8-,13+,15+,16-,17-,18+,19-,20-,21-,22+/m1/s1. The van der Waals surface area contributed by atoms with Gasteiger partial charge in [-0.25, -0.2) is 4.79 Å². The fraction of sp³-hybridized carbons (Fsp3) is 0.591. The first kappa shape index (κ1) is 25.8. The summed E-state index contributed by atoms with van der Waals surface area (Å²) >= 11 is 0. The molecule has 13 heteroatoms. The summed E-state index contributed by atoms with van der Waals surface area (Å²) in [5.41, 5.74) is -0.408. The molecule has 0 unspecified atom stereocenters. The minimum atomic E-state index is -1.70. The third-order valence-electron chi connectivity index (χ3n) is 6.05. The van der Waals surface area contributed by atoms with Crippen LogP contribution in [-0.2, 0) is 14.2 Å². The van der Waals surface area contributed by atoms with Crippen LogP contribution in [0.5, 0.6) is 11.5 Å². The fourth-order valence-corrected chi connectivity index (χ4v) is 3.94. The molecule has 10 atom stereocenters. The van der Waals surface area contributed by atoms with Crippen molar-refractivity contribution in [1.29, 1.82) is 0 Å². The fourth-order valence-electron chi connectivity index (χ4n) is 3.94. The largest absolute Gasteiger partial charge is 0.493 e. The third-order valence-corrected chi connectivity index (χ3v) is 6.05. The van der Waals surface area contributed by atoms with Gasteiger partial charge in [0, 0.05) is 17.5 Å². The Bertz CT molecular complexity index is 1070. The predicted octanol–water partition coefficient (Wildman–Crippen LogP) is -2.17. The number of ether oxygens (including phenoxy) is 5. The van der Waals surface area contributed by atoms with E-state index in [2.05, 4.69) is 0 Å². The van der Waals surface area contributed by atoms with E-state index in [4.69, 9.17) is 28.1 Å². The molecule has 13 nitrogen and oxygen atoms in total. The molecule has 0 radical (unpaired) electrons. The van der Waals surface area contributed by atoms with Crippen LogP contribution >= 0.6 is 0 Å². The van der Waals surface area contributed by atoms with E-state index in [0.29, 0.717) is 5.39 Å². The van der Waals surface area contributed by atoms with Gasteiger partial charge in [-0.15, -0.1) is 0 Å². The van der Waals surface area contributed by atoms with Crippen molar-refractivity contribution >= 4 is 11.0 Å². The van der Waals surface area contributed by atoms with E-state index in [1.165, 1.54) is 38.3 Å². The van der Waals surface area contributed by atoms with E-state index in [1.807, 2.05) is 0 Å². The van der Waals surface area contributed by atoms with Gasteiger partial charge < -0.3 is 58.7 Å². The van der Waals surface area contributed by atoms with E-state index in [0.717, 1.165) is 0 Å². The minimum absolute atomic E-state index is 0.0265. The van der Waals surface area contributed by atoms with Crippen LogP contribution < -0.4 is 15.1 Å². The number of aliphatic hydroxyl groups excluding tert-OH is 6. The Morgan fingerprint density at radius 2 is 1.51 bits per heavy atom. The highest BCUT2D eigenvalue weighted by Crippen LogP contribution is 2.35. The van der Waals surface area contributed by atoms with Crippen molar-refractivity contribution in [2.24, 2.45) is 0 Å². The summed E-state index contributed by atoms with van der Waals surface area (Å²) in [6.45, 7) is 1.04. The zero-order valence-corrected chi connectivity index (χ0v) is 18.8. The van der Waals surface area contributed by atoms with Crippen molar-refractivity contribution in [1.82, 2.24) is 0 Å². The van der Waals surface area contributed by atoms with E-state index < -0.39 is 73.6 Å². The topological polar surface area (TPSA) is 198 Å². The Balaban J connectivity index is 1.50. The van der Waals surface area contributed by atoms with Crippen LogP contribution in [0.3, 0.4) is 0 Å². The summed E-state index contributed by atoms with van der Waals surface area (Å²) in [5, 5.41) is 61.5. The van der Waals surface area contributed by atoms with E-state index in [1.54, 1.807) is 0 Å². The van der Waals surface area contributed by atoms with Gasteiger partial charge >= 0.3 is 5.63 Å². The third kappa shape index (κ3) is 5.14. The lowest BCUT2D eigenvalue weighted by atomic mass is 9.98. The zero-order chi connectivity index (χ0) is 25.4. The first-order chi connectivity index (χ1) is 16.6. The second-order valence-corrected chi connectivity index (χ2v) is 8.44.